The maximum Gasteiger partial charge on any atom is 0.332 e. The van der Waals surface area contributed by atoms with Gasteiger partial charge in [-0.05, 0) is 12.8 Å². The first-order valence-electron chi connectivity index (χ1n) is 7.65. The molecule has 2 unspecified atom stereocenters. The van der Waals surface area contributed by atoms with E-state index in [4.69, 9.17) is 0 Å². The molecule has 11 heteroatoms. The number of carbonyl (C=O) groups is 2. The fourth-order valence-electron chi connectivity index (χ4n) is 3.24. The van der Waals surface area contributed by atoms with Gasteiger partial charge in [0.1, 0.15) is 0 Å². The summed E-state index contributed by atoms with van der Waals surface area (Å²) in [5.74, 6) is -15.5. The van der Waals surface area contributed by atoms with Crippen molar-refractivity contribution in [2.75, 3.05) is 27.8 Å². The van der Waals surface area contributed by atoms with E-state index in [0.29, 0.717) is 0 Å². The van der Waals surface area contributed by atoms with E-state index in [1.807, 2.05) is 0 Å². The Bertz CT molecular complexity index is 515. The third-order valence-corrected chi connectivity index (χ3v) is 4.55. The number of ether oxygens (including phenoxy) is 4. The highest BCUT2D eigenvalue weighted by molar-refractivity contribution is 6.02. The molecule has 0 aromatic heterocycles. The Morgan fingerprint density at radius 2 is 1.46 bits per heavy atom. The summed E-state index contributed by atoms with van der Waals surface area (Å²) in [4.78, 5) is 24.6. The molecule has 26 heavy (non-hydrogen) atoms. The summed E-state index contributed by atoms with van der Waals surface area (Å²) in [6.07, 6.45) is -1.70. The molecule has 0 bridgehead atoms. The molecule has 1 aliphatic rings. The SMILES string of the molecule is CCC1CC(C(=O)OCOC)(C(=O)OCOC)C(F)(F)C1(F)C(C)(F)F. The zero-order valence-corrected chi connectivity index (χ0v) is 14.7. The van der Waals surface area contributed by atoms with Crippen molar-refractivity contribution in [1.29, 1.82) is 0 Å². The molecule has 0 saturated heterocycles. The highest BCUT2D eigenvalue weighted by atomic mass is 19.3. The monoisotopic (exact) mass is 392 g/mol. The number of esters is 2. The van der Waals surface area contributed by atoms with Crippen molar-refractivity contribution >= 4 is 11.9 Å². The van der Waals surface area contributed by atoms with Crippen LogP contribution in [0.15, 0.2) is 0 Å². The second kappa shape index (κ2) is 7.63. The highest BCUT2D eigenvalue weighted by Crippen LogP contribution is 2.66. The Morgan fingerprint density at radius 1 is 1.04 bits per heavy atom. The average Bonchev–Trinajstić information content (AvgIpc) is 2.75. The van der Waals surface area contributed by atoms with E-state index in [9.17, 15) is 18.4 Å². The van der Waals surface area contributed by atoms with Crippen LogP contribution in [0.2, 0.25) is 0 Å². The van der Waals surface area contributed by atoms with Crippen LogP contribution in [-0.2, 0) is 28.5 Å². The quantitative estimate of drug-likeness (QED) is 0.274. The number of alkyl halides is 5. The van der Waals surface area contributed by atoms with E-state index < -0.39 is 67.2 Å². The molecule has 0 aromatic carbocycles. The smallest absolute Gasteiger partial charge is 0.332 e. The van der Waals surface area contributed by atoms with Crippen molar-refractivity contribution in [3.05, 3.63) is 0 Å². The largest absolute Gasteiger partial charge is 0.437 e. The van der Waals surface area contributed by atoms with Gasteiger partial charge in [0.15, 0.2) is 13.6 Å². The highest BCUT2D eigenvalue weighted by Gasteiger charge is 2.87. The zero-order chi connectivity index (χ0) is 20.4. The van der Waals surface area contributed by atoms with Gasteiger partial charge in [0.05, 0.1) is 0 Å². The predicted molar refractivity (Wildman–Crippen MR) is 76.2 cm³/mol. The van der Waals surface area contributed by atoms with Gasteiger partial charge in [-0.15, -0.1) is 0 Å². The van der Waals surface area contributed by atoms with Crippen LogP contribution in [0, 0.1) is 11.3 Å². The molecule has 2 atom stereocenters. The molecule has 0 heterocycles. The maximum absolute atomic E-state index is 15.1. The number of methoxy groups -OCH3 is 2. The Kier molecular flexibility index (Phi) is 6.62. The molecule has 1 fully saturated rings. The lowest BCUT2D eigenvalue weighted by atomic mass is 9.78. The number of hydrogen-bond donors (Lipinski definition) is 0. The second-order valence-electron chi connectivity index (χ2n) is 6.07. The predicted octanol–water partition coefficient (Wildman–Crippen LogP) is 2.70. The van der Waals surface area contributed by atoms with Crippen LogP contribution in [0.3, 0.4) is 0 Å². The zero-order valence-electron chi connectivity index (χ0n) is 14.7. The Balaban J connectivity index is 3.58. The summed E-state index contributed by atoms with van der Waals surface area (Å²) < 4.78 is 90.8. The van der Waals surface area contributed by atoms with E-state index >= 15 is 13.2 Å². The van der Waals surface area contributed by atoms with Crippen molar-refractivity contribution in [2.24, 2.45) is 11.3 Å². The van der Waals surface area contributed by atoms with Crippen LogP contribution in [-0.4, -0.2) is 57.3 Å². The van der Waals surface area contributed by atoms with Gasteiger partial charge < -0.3 is 18.9 Å². The Labute approximate surface area is 146 Å². The first kappa shape index (κ1) is 22.6. The summed E-state index contributed by atoms with van der Waals surface area (Å²) in [5, 5.41) is 0. The van der Waals surface area contributed by atoms with Crippen LogP contribution in [0.25, 0.3) is 0 Å². The van der Waals surface area contributed by atoms with E-state index in [-0.39, 0.29) is 6.92 Å². The Hall–Kier alpha value is -1.49. The molecular formula is C15H21F5O6. The summed E-state index contributed by atoms with van der Waals surface area (Å²) >= 11 is 0. The van der Waals surface area contributed by atoms with E-state index in [0.717, 1.165) is 14.2 Å². The summed E-state index contributed by atoms with van der Waals surface area (Å²) in [5.41, 5.74) is -8.06. The van der Waals surface area contributed by atoms with Gasteiger partial charge in [-0.1, -0.05) is 6.92 Å². The van der Waals surface area contributed by atoms with Crippen LogP contribution >= 0.6 is 0 Å². The topological polar surface area (TPSA) is 71.1 Å². The minimum atomic E-state index is -5.12. The van der Waals surface area contributed by atoms with Crippen LogP contribution in [0.5, 0.6) is 0 Å². The number of rotatable bonds is 8. The average molecular weight is 392 g/mol. The van der Waals surface area contributed by atoms with Crippen molar-refractivity contribution in [3.63, 3.8) is 0 Å². The van der Waals surface area contributed by atoms with Gasteiger partial charge in [-0.3, -0.25) is 9.59 Å². The number of carbonyl (C=O) groups excluding carboxylic acids is 2. The molecule has 0 spiro atoms. The number of hydrogen-bond acceptors (Lipinski definition) is 6. The Morgan fingerprint density at radius 3 is 1.73 bits per heavy atom. The summed E-state index contributed by atoms with van der Waals surface area (Å²) in [6.45, 7) is -0.516. The van der Waals surface area contributed by atoms with Gasteiger partial charge in [-0.2, -0.15) is 0 Å². The number of halogens is 5. The van der Waals surface area contributed by atoms with E-state index in [2.05, 4.69) is 18.9 Å². The molecule has 1 rings (SSSR count). The molecule has 0 amide bonds. The molecule has 0 aromatic rings. The van der Waals surface area contributed by atoms with Crippen LogP contribution < -0.4 is 0 Å². The van der Waals surface area contributed by atoms with Gasteiger partial charge in [-0.25, -0.2) is 22.0 Å². The van der Waals surface area contributed by atoms with Gasteiger partial charge in [0, 0.05) is 27.1 Å². The van der Waals surface area contributed by atoms with Crippen molar-refractivity contribution < 1.29 is 50.5 Å². The third-order valence-electron chi connectivity index (χ3n) is 4.55. The molecular weight excluding hydrogens is 371 g/mol. The molecule has 1 aliphatic carbocycles. The summed E-state index contributed by atoms with van der Waals surface area (Å²) in [7, 11) is 2.12. The minimum absolute atomic E-state index is 0.0272. The van der Waals surface area contributed by atoms with Crippen LogP contribution in [0.4, 0.5) is 22.0 Å². The third kappa shape index (κ3) is 3.04. The molecule has 152 valence electrons. The van der Waals surface area contributed by atoms with Gasteiger partial charge >= 0.3 is 17.9 Å². The molecule has 1 saturated carbocycles. The first-order chi connectivity index (χ1) is 11.9. The van der Waals surface area contributed by atoms with Crippen molar-refractivity contribution in [3.8, 4) is 0 Å². The fourth-order valence-corrected chi connectivity index (χ4v) is 3.24. The lowest BCUT2D eigenvalue weighted by Gasteiger charge is -2.39. The molecule has 0 aliphatic heterocycles. The molecule has 6 nitrogen and oxygen atoms in total. The molecule has 0 N–H and O–H groups in total. The minimum Gasteiger partial charge on any atom is -0.437 e. The second-order valence-corrected chi connectivity index (χ2v) is 6.07. The van der Waals surface area contributed by atoms with Crippen molar-refractivity contribution in [1.82, 2.24) is 0 Å². The lowest BCUT2D eigenvalue weighted by Crippen LogP contribution is -2.64. The summed E-state index contributed by atoms with van der Waals surface area (Å²) in [6, 6.07) is 0. The van der Waals surface area contributed by atoms with Gasteiger partial charge in [0.25, 0.3) is 5.92 Å². The fraction of sp³-hybridized carbons (Fsp3) is 0.867. The normalized spacial score (nSPS) is 27.2. The van der Waals surface area contributed by atoms with E-state index in [1.165, 1.54) is 6.92 Å². The first-order valence-corrected chi connectivity index (χ1v) is 7.65. The van der Waals surface area contributed by atoms with Crippen LogP contribution in [0.1, 0.15) is 26.7 Å². The standard InChI is InChI=1S/C15H21F5O6/c1-5-9-6-13(10(21)25-7-23-3,11(22)26-8-24-4)15(19,20)14(9,18)12(2,16)17/h9H,5-8H2,1-4H3. The van der Waals surface area contributed by atoms with E-state index in [1.54, 1.807) is 0 Å². The van der Waals surface area contributed by atoms with Crippen molar-refractivity contribution in [2.45, 2.75) is 44.2 Å². The van der Waals surface area contributed by atoms with Gasteiger partial charge in [0.2, 0.25) is 11.1 Å². The lowest BCUT2D eigenvalue weighted by molar-refractivity contribution is -0.269. The molecule has 0 radical (unpaired) electrons. The maximum atomic E-state index is 15.1.